The number of benzene rings is 3. The average molecular weight is 484 g/mol. The SMILES string of the molecule is Cc1cccc(COc2ccc(C=C3SC(=O)N(Cc4c(Cl)cccc4Cl)C3=O)cc2)c1. The molecular formula is C25H19Cl2NO3S. The number of ether oxygens (including phenoxy) is 1. The lowest BCUT2D eigenvalue weighted by Crippen LogP contribution is -2.27. The molecule has 1 fully saturated rings. The highest BCUT2D eigenvalue weighted by Crippen LogP contribution is 2.35. The van der Waals surface area contributed by atoms with Crippen molar-refractivity contribution in [2.45, 2.75) is 20.1 Å². The molecule has 4 rings (SSSR count). The number of hydrogen-bond donors (Lipinski definition) is 0. The largest absolute Gasteiger partial charge is 0.489 e. The molecule has 3 aromatic rings. The fourth-order valence-electron chi connectivity index (χ4n) is 3.26. The van der Waals surface area contributed by atoms with Gasteiger partial charge in [0.05, 0.1) is 11.4 Å². The maximum Gasteiger partial charge on any atom is 0.293 e. The van der Waals surface area contributed by atoms with Crippen LogP contribution in [0.1, 0.15) is 22.3 Å². The van der Waals surface area contributed by atoms with Crippen LogP contribution in [-0.2, 0) is 17.9 Å². The molecule has 7 heteroatoms. The predicted molar refractivity (Wildman–Crippen MR) is 130 cm³/mol. The Hall–Kier alpha value is -2.73. The standard InChI is InChI=1S/C25H19Cl2NO3S/c1-16-4-2-5-18(12-16)15-31-19-10-8-17(9-11-19)13-23-24(29)28(25(30)32-23)14-20-21(26)6-3-7-22(20)27/h2-13H,14-15H2,1H3. The van der Waals surface area contributed by atoms with Gasteiger partial charge in [-0.1, -0.05) is 71.2 Å². The van der Waals surface area contributed by atoms with Gasteiger partial charge in [0.25, 0.3) is 11.1 Å². The summed E-state index contributed by atoms with van der Waals surface area (Å²) in [5.74, 6) is 0.362. The van der Waals surface area contributed by atoms with Crippen molar-refractivity contribution in [3.63, 3.8) is 0 Å². The lowest BCUT2D eigenvalue weighted by molar-refractivity contribution is -0.123. The number of rotatable bonds is 6. The van der Waals surface area contributed by atoms with Crippen molar-refractivity contribution < 1.29 is 14.3 Å². The molecule has 0 saturated carbocycles. The van der Waals surface area contributed by atoms with E-state index < -0.39 is 0 Å². The Morgan fingerprint density at radius 2 is 1.66 bits per heavy atom. The van der Waals surface area contributed by atoms with Gasteiger partial charge in [-0.25, -0.2) is 0 Å². The van der Waals surface area contributed by atoms with Crippen LogP contribution in [-0.4, -0.2) is 16.0 Å². The molecular weight excluding hydrogens is 465 g/mol. The lowest BCUT2D eigenvalue weighted by atomic mass is 10.1. The van der Waals surface area contributed by atoms with E-state index in [0.29, 0.717) is 27.1 Å². The Morgan fingerprint density at radius 1 is 0.969 bits per heavy atom. The quantitative estimate of drug-likeness (QED) is 0.350. The summed E-state index contributed by atoms with van der Waals surface area (Å²) < 4.78 is 5.84. The maximum absolute atomic E-state index is 12.8. The van der Waals surface area contributed by atoms with Gasteiger partial charge in [-0.05, 0) is 60.2 Å². The van der Waals surface area contributed by atoms with Crippen molar-refractivity contribution in [2.24, 2.45) is 0 Å². The molecule has 0 aromatic heterocycles. The van der Waals surface area contributed by atoms with Crippen LogP contribution < -0.4 is 4.74 Å². The molecule has 0 spiro atoms. The molecule has 3 aromatic carbocycles. The number of thioether (sulfide) groups is 1. The Labute approximate surface area is 200 Å². The van der Waals surface area contributed by atoms with Gasteiger partial charge in [0.1, 0.15) is 12.4 Å². The lowest BCUT2D eigenvalue weighted by Gasteiger charge is -2.14. The molecule has 1 heterocycles. The van der Waals surface area contributed by atoms with Crippen LogP contribution in [0.5, 0.6) is 5.75 Å². The van der Waals surface area contributed by atoms with E-state index in [1.165, 1.54) is 5.56 Å². The van der Waals surface area contributed by atoms with Crippen LogP contribution in [0.2, 0.25) is 10.0 Å². The number of halogens is 2. The second-order valence-electron chi connectivity index (χ2n) is 7.31. The molecule has 0 bridgehead atoms. The van der Waals surface area contributed by atoms with Crippen LogP contribution in [0.15, 0.2) is 71.6 Å². The van der Waals surface area contributed by atoms with E-state index in [1.54, 1.807) is 24.3 Å². The van der Waals surface area contributed by atoms with E-state index in [1.807, 2.05) is 49.4 Å². The van der Waals surface area contributed by atoms with Crippen LogP contribution in [0.4, 0.5) is 4.79 Å². The van der Waals surface area contributed by atoms with E-state index in [9.17, 15) is 9.59 Å². The number of aryl methyl sites for hydroxylation is 1. The summed E-state index contributed by atoms with van der Waals surface area (Å²) in [6, 6.07) is 20.6. The topological polar surface area (TPSA) is 46.6 Å². The third-order valence-electron chi connectivity index (χ3n) is 4.92. The van der Waals surface area contributed by atoms with Gasteiger partial charge in [0, 0.05) is 15.6 Å². The summed E-state index contributed by atoms with van der Waals surface area (Å²) in [6.07, 6.45) is 1.70. The molecule has 1 aliphatic heterocycles. The summed E-state index contributed by atoms with van der Waals surface area (Å²) in [5.41, 5.74) is 3.64. The normalized spacial score (nSPS) is 15.0. The Kier molecular flexibility index (Phi) is 6.89. The van der Waals surface area contributed by atoms with E-state index in [2.05, 4.69) is 6.07 Å². The maximum atomic E-state index is 12.8. The molecule has 2 amide bonds. The highest BCUT2D eigenvalue weighted by Gasteiger charge is 2.35. The Bertz CT molecular complexity index is 1190. The van der Waals surface area contributed by atoms with Crippen LogP contribution in [0.25, 0.3) is 6.08 Å². The summed E-state index contributed by atoms with van der Waals surface area (Å²) in [5, 5.41) is 0.485. The van der Waals surface area contributed by atoms with Gasteiger partial charge < -0.3 is 4.74 Å². The van der Waals surface area contributed by atoms with Crippen LogP contribution in [0, 0.1) is 6.92 Å². The molecule has 1 saturated heterocycles. The number of hydrogen-bond acceptors (Lipinski definition) is 4. The highest BCUT2D eigenvalue weighted by atomic mass is 35.5. The minimum Gasteiger partial charge on any atom is -0.489 e. The number of amides is 2. The smallest absolute Gasteiger partial charge is 0.293 e. The molecule has 162 valence electrons. The van der Waals surface area contributed by atoms with E-state index in [-0.39, 0.29) is 17.7 Å². The molecule has 1 aliphatic rings. The zero-order chi connectivity index (χ0) is 22.7. The van der Waals surface area contributed by atoms with Crippen molar-refractivity contribution in [3.05, 3.63) is 104 Å². The highest BCUT2D eigenvalue weighted by molar-refractivity contribution is 8.18. The van der Waals surface area contributed by atoms with Crippen molar-refractivity contribution >= 4 is 52.2 Å². The summed E-state index contributed by atoms with van der Waals surface area (Å²) in [7, 11) is 0. The first kappa shape index (κ1) is 22.5. The zero-order valence-electron chi connectivity index (χ0n) is 17.2. The van der Waals surface area contributed by atoms with E-state index >= 15 is 0 Å². The van der Waals surface area contributed by atoms with Crippen molar-refractivity contribution in [3.8, 4) is 5.75 Å². The Balaban J connectivity index is 1.43. The molecule has 0 atom stereocenters. The fourth-order valence-corrected chi connectivity index (χ4v) is 4.61. The molecule has 0 unspecified atom stereocenters. The van der Waals surface area contributed by atoms with Gasteiger partial charge >= 0.3 is 0 Å². The number of nitrogens with zero attached hydrogens (tertiary/aromatic N) is 1. The second kappa shape index (κ2) is 9.82. The van der Waals surface area contributed by atoms with Gasteiger partial charge in [-0.3, -0.25) is 14.5 Å². The third-order valence-corrected chi connectivity index (χ3v) is 6.53. The fraction of sp³-hybridized carbons (Fsp3) is 0.120. The summed E-state index contributed by atoms with van der Waals surface area (Å²) >= 11 is 13.3. The minimum atomic E-state index is -0.365. The van der Waals surface area contributed by atoms with Crippen molar-refractivity contribution in [1.29, 1.82) is 0 Å². The first-order valence-electron chi connectivity index (χ1n) is 9.87. The van der Waals surface area contributed by atoms with Gasteiger partial charge in [0.2, 0.25) is 0 Å². The number of imide groups is 1. The third kappa shape index (κ3) is 5.18. The number of carbonyl (C=O) groups is 2. The second-order valence-corrected chi connectivity index (χ2v) is 9.12. The zero-order valence-corrected chi connectivity index (χ0v) is 19.5. The van der Waals surface area contributed by atoms with E-state index in [4.69, 9.17) is 27.9 Å². The molecule has 32 heavy (non-hydrogen) atoms. The number of carbonyl (C=O) groups excluding carboxylic acids is 2. The first-order chi connectivity index (χ1) is 15.4. The average Bonchev–Trinajstić information content (AvgIpc) is 3.03. The molecule has 0 radical (unpaired) electrons. The van der Waals surface area contributed by atoms with Gasteiger partial charge in [0.15, 0.2) is 0 Å². The molecule has 4 nitrogen and oxygen atoms in total. The van der Waals surface area contributed by atoms with Crippen LogP contribution >= 0.6 is 35.0 Å². The van der Waals surface area contributed by atoms with Gasteiger partial charge in [-0.15, -0.1) is 0 Å². The van der Waals surface area contributed by atoms with Crippen LogP contribution in [0.3, 0.4) is 0 Å². The minimum absolute atomic E-state index is 0.0340. The first-order valence-corrected chi connectivity index (χ1v) is 11.4. The molecule has 0 N–H and O–H groups in total. The van der Waals surface area contributed by atoms with E-state index in [0.717, 1.165) is 33.5 Å². The Morgan fingerprint density at radius 3 is 2.34 bits per heavy atom. The monoisotopic (exact) mass is 483 g/mol. The molecule has 0 aliphatic carbocycles. The van der Waals surface area contributed by atoms with Crippen molar-refractivity contribution in [1.82, 2.24) is 4.90 Å². The predicted octanol–water partition coefficient (Wildman–Crippen LogP) is 7.12. The summed E-state index contributed by atoms with van der Waals surface area (Å²) in [4.78, 5) is 26.7. The summed E-state index contributed by atoms with van der Waals surface area (Å²) in [6.45, 7) is 2.56. The van der Waals surface area contributed by atoms with Gasteiger partial charge in [-0.2, -0.15) is 0 Å². The van der Waals surface area contributed by atoms with Crippen molar-refractivity contribution in [2.75, 3.05) is 0 Å².